The van der Waals surface area contributed by atoms with Gasteiger partial charge in [-0.25, -0.2) is 0 Å². The number of carbonyl (C=O) groups excluding carboxylic acids is 1. The summed E-state index contributed by atoms with van der Waals surface area (Å²) in [7, 11) is 0. The maximum absolute atomic E-state index is 12.1. The highest BCUT2D eigenvalue weighted by atomic mass is 35.5. The standard InChI is InChI=1S/C17H15ClF3NO2/c18-15-4-2-1-3-13(15)9-16(23)22-10-12-5-7-14(8-6-12)24-11-17(19,20)21/h1-8H,9-11H2,(H,22,23). The summed E-state index contributed by atoms with van der Waals surface area (Å²) in [6.45, 7) is -1.07. The van der Waals surface area contributed by atoms with Crippen molar-refractivity contribution >= 4 is 17.5 Å². The van der Waals surface area contributed by atoms with Crippen LogP contribution in [0.4, 0.5) is 13.2 Å². The van der Waals surface area contributed by atoms with Gasteiger partial charge in [0.25, 0.3) is 0 Å². The zero-order valence-corrected chi connectivity index (χ0v) is 13.3. The number of nitrogens with one attached hydrogen (secondary N) is 1. The van der Waals surface area contributed by atoms with Crippen LogP contribution in [0.25, 0.3) is 0 Å². The summed E-state index contributed by atoms with van der Waals surface area (Å²) in [5.74, 6) is -0.0704. The van der Waals surface area contributed by atoms with Crippen LogP contribution >= 0.6 is 11.6 Å². The van der Waals surface area contributed by atoms with E-state index in [1.165, 1.54) is 12.1 Å². The summed E-state index contributed by atoms with van der Waals surface area (Å²) < 4.78 is 40.8. The first-order chi connectivity index (χ1) is 11.3. The molecule has 0 unspecified atom stereocenters. The Hall–Kier alpha value is -2.21. The Labute approximate surface area is 142 Å². The fraction of sp³-hybridized carbons (Fsp3) is 0.235. The molecule has 0 saturated heterocycles. The maximum atomic E-state index is 12.1. The van der Waals surface area contributed by atoms with Crippen molar-refractivity contribution in [3.8, 4) is 5.75 Å². The molecule has 1 N–H and O–H groups in total. The summed E-state index contributed by atoms with van der Waals surface area (Å²) in [5, 5.41) is 3.26. The topological polar surface area (TPSA) is 38.3 Å². The Bertz CT molecular complexity index is 687. The molecule has 0 bridgehead atoms. The van der Waals surface area contributed by atoms with E-state index in [9.17, 15) is 18.0 Å². The van der Waals surface area contributed by atoms with E-state index in [0.717, 1.165) is 11.1 Å². The number of benzene rings is 2. The number of alkyl halides is 3. The van der Waals surface area contributed by atoms with Gasteiger partial charge in [-0.3, -0.25) is 4.79 Å². The molecular weight excluding hydrogens is 343 g/mol. The molecule has 0 atom stereocenters. The number of hydrogen-bond donors (Lipinski definition) is 1. The van der Waals surface area contributed by atoms with Gasteiger partial charge in [-0.1, -0.05) is 41.9 Å². The zero-order chi connectivity index (χ0) is 17.6. The smallest absolute Gasteiger partial charge is 0.422 e. The lowest BCUT2D eigenvalue weighted by atomic mass is 10.1. The van der Waals surface area contributed by atoms with E-state index in [0.29, 0.717) is 5.02 Å². The lowest BCUT2D eigenvalue weighted by molar-refractivity contribution is -0.153. The summed E-state index contributed by atoms with van der Waals surface area (Å²) in [6, 6.07) is 13.1. The molecule has 7 heteroatoms. The first-order valence-corrected chi connectivity index (χ1v) is 7.50. The van der Waals surface area contributed by atoms with Crippen LogP contribution in [0.15, 0.2) is 48.5 Å². The van der Waals surface area contributed by atoms with Crippen molar-refractivity contribution in [2.45, 2.75) is 19.1 Å². The lowest BCUT2D eigenvalue weighted by Crippen LogP contribution is -2.24. The highest BCUT2D eigenvalue weighted by molar-refractivity contribution is 6.31. The van der Waals surface area contributed by atoms with Gasteiger partial charge >= 0.3 is 6.18 Å². The van der Waals surface area contributed by atoms with Crippen molar-refractivity contribution in [1.82, 2.24) is 5.32 Å². The second-order valence-corrected chi connectivity index (χ2v) is 5.50. The van der Waals surface area contributed by atoms with Crippen molar-refractivity contribution in [2.24, 2.45) is 0 Å². The third-order valence-corrected chi connectivity index (χ3v) is 3.49. The molecule has 0 radical (unpaired) electrons. The quantitative estimate of drug-likeness (QED) is 0.843. The van der Waals surface area contributed by atoms with Crippen molar-refractivity contribution in [1.29, 1.82) is 0 Å². The van der Waals surface area contributed by atoms with Gasteiger partial charge in [0.15, 0.2) is 6.61 Å². The Kier molecular flexibility index (Phi) is 6.09. The van der Waals surface area contributed by atoms with E-state index in [1.807, 2.05) is 0 Å². The number of ether oxygens (including phenoxy) is 1. The fourth-order valence-electron chi connectivity index (χ4n) is 1.95. The van der Waals surface area contributed by atoms with E-state index in [4.69, 9.17) is 11.6 Å². The van der Waals surface area contributed by atoms with Crippen LogP contribution in [0.1, 0.15) is 11.1 Å². The van der Waals surface area contributed by atoms with Gasteiger partial charge < -0.3 is 10.1 Å². The normalized spacial score (nSPS) is 11.2. The lowest BCUT2D eigenvalue weighted by Gasteiger charge is -2.10. The van der Waals surface area contributed by atoms with E-state index in [2.05, 4.69) is 10.1 Å². The molecule has 2 rings (SSSR count). The number of halogens is 4. The predicted molar refractivity (Wildman–Crippen MR) is 85.0 cm³/mol. The predicted octanol–water partition coefficient (Wildman–Crippen LogP) is 4.14. The minimum atomic E-state index is -4.37. The van der Waals surface area contributed by atoms with E-state index in [1.54, 1.807) is 36.4 Å². The zero-order valence-electron chi connectivity index (χ0n) is 12.6. The SMILES string of the molecule is O=C(Cc1ccccc1Cl)NCc1ccc(OCC(F)(F)F)cc1. The molecule has 0 heterocycles. The highest BCUT2D eigenvalue weighted by Gasteiger charge is 2.28. The van der Waals surface area contributed by atoms with Gasteiger partial charge in [0, 0.05) is 11.6 Å². The molecule has 2 aromatic carbocycles. The van der Waals surface area contributed by atoms with Crippen LogP contribution in [0.2, 0.25) is 5.02 Å². The van der Waals surface area contributed by atoms with Crippen LogP contribution in [0.3, 0.4) is 0 Å². The number of carbonyl (C=O) groups is 1. The summed E-state index contributed by atoms with van der Waals surface area (Å²) >= 11 is 5.99. The average molecular weight is 358 g/mol. The molecule has 3 nitrogen and oxygen atoms in total. The molecule has 0 spiro atoms. The first kappa shape index (κ1) is 18.1. The summed E-state index contributed by atoms with van der Waals surface area (Å²) in [6.07, 6.45) is -4.21. The van der Waals surface area contributed by atoms with E-state index >= 15 is 0 Å². The third-order valence-electron chi connectivity index (χ3n) is 3.12. The van der Waals surface area contributed by atoms with Gasteiger partial charge in [0.2, 0.25) is 5.91 Å². The van der Waals surface area contributed by atoms with E-state index < -0.39 is 12.8 Å². The molecular formula is C17H15ClF3NO2. The van der Waals surface area contributed by atoms with Gasteiger partial charge in [-0.05, 0) is 29.3 Å². The average Bonchev–Trinajstić information content (AvgIpc) is 2.53. The van der Waals surface area contributed by atoms with Gasteiger partial charge in [0.1, 0.15) is 5.75 Å². The fourth-order valence-corrected chi connectivity index (χ4v) is 2.15. The Morgan fingerprint density at radius 1 is 1.08 bits per heavy atom. The monoisotopic (exact) mass is 357 g/mol. The molecule has 0 aromatic heterocycles. The maximum Gasteiger partial charge on any atom is 0.422 e. The van der Waals surface area contributed by atoms with Crippen molar-refractivity contribution in [2.75, 3.05) is 6.61 Å². The Morgan fingerprint density at radius 2 is 1.75 bits per heavy atom. The molecule has 0 saturated carbocycles. The van der Waals surface area contributed by atoms with Crippen LogP contribution in [-0.4, -0.2) is 18.7 Å². The minimum Gasteiger partial charge on any atom is -0.484 e. The summed E-state index contributed by atoms with van der Waals surface area (Å²) in [4.78, 5) is 11.9. The second kappa shape index (κ2) is 8.06. The molecule has 2 aromatic rings. The van der Waals surface area contributed by atoms with Crippen LogP contribution in [0.5, 0.6) is 5.75 Å². The highest BCUT2D eigenvalue weighted by Crippen LogP contribution is 2.19. The Balaban J connectivity index is 1.81. The van der Waals surface area contributed by atoms with Crippen molar-refractivity contribution < 1.29 is 22.7 Å². The first-order valence-electron chi connectivity index (χ1n) is 7.12. The van der Waals surface area contributed by atoms with Crippen LogP contribution in [0, 0.1) is 0 Å². The Morgan fingerprint density at radius 3 is 2.38 bits per heavy atom. The van der Waals surface area contributed by atoms with E-state index in [-0.39, 0.29) is 24.6 Å². The minimum absolute atomic E-state index is 0.124. The van der Waals surface area contributed by atoms with Crippen molar-refractivity contribution in [3.05, 3.63) is 64.7 Å². The molecule has 0 aliphatic heterocycles. The molecule has 24 heavy (non-hydrogen) atoms. The number of hydrogen-bond acceptors (Lipinski definition) is 2. The number of rotatable bonds is 6. The van der Waals surface area contributed by atoms with Gasteiger partial charge in [-0.2, -0.15) is 13.2 Å². The molecule has 0 fully saturated rings. The van der Waals surface area contributed by atoms with Gasteiger partial charge in [0.05, 0.1) is 6.42 Å². The number of amides is 1. The van der Waals surface area contributed by atoms with Gasteiger partial charge in [-0.15, -0.1) is 0 Å². The molecule has 1 amide bonds. The third kappa shape index (κ3) is 6.12. The molecule has 0 aliphatic carbocycles. The molecule has 0 aliphatic rings. The van der Waals surface area contributed by atoms with Crippen LogP contribution < -0.4 is 10.1 Å². The van der Waals surface area contributed by atoms with Crippen LogP contribution in [-0.2, 0) is 17.8 Å². The largest absolute Gasteiger partial charge is 0.484 e. The van der Waals surface area contributed by atoms with Crippen molar-refractivity contribution in [3.63, 3.8) is 0 Å². The summed E-state index contributed by atoms with van der Waals surface area (Å²) in [5.41, 5.74) is 1.48. The molecule has 128 valence electrons. The second-order valence-electron chi connectivity index (χ2n) is 5.09.